The van der Waals surface area contributed by atoms with Gasteiger partial charge in [-0.3, -0.25) is 4.57 Å². The second-order valence-electron chi connectivity index (χ2n) is 4.65. The van der Waals surface area contributed by atoms with Gasteiger partial charge in [0.05, 0.1) is 13.2 Å². The molecule has 0 aromatic carbocycles. The van der Waals surface area contributed by atoms with Crippen molar-refractivity contribution in [3.05, 3.63) is 24.3 Å². The molecule has 0 aliphatic heterocycles. The molecule has 0 bridgehead atoms. The number of anilines is 1. The summed E-state index contributed by atoms with van der Waals surface area (Å²) < 4.78 is 11.8. The smallest absolute Gasteiger partial charge is 0.320 e. The zero-order valence-electron chi connectivity index (χ0n) is 12.6. The normalized spacial score (nSPS) is 11.8. The van der Waals surface area contributed by atoms with Crippen LogP contribution in [-0.4, -0.2) is 44.9 Å². The lowest BCUT2D eigenvalue weighted by Gasteiger charge is -2.07. The van der Waals surface area contributed by atoms with Crippen LogP contribution in [0.4, 0.5) is 5.82 Å². The van der Waals surface area contributed by atoms with Gasteiger partial charge in [-0.05, 0) is 6.92 Å². The summed E-state index contributed by atoms with van der Waals surface area (Å²) in [7, 11) is 1.57. The fourth-order valence-corrected chi connectivity index (χ4v) is 1.92. The standard InChI is InChI=1S/C14H19N5O3/c1-4-5-9(2)8-19-12-10(16-14(19)20)11(15)17-13(18-12)22-7-6-21-3/h4-5H,1,6-8H2,2-3H3,(H,16,20)(H2,15,17,18)/b9-5+. The second-order valence-corrected chi connectivity index (χ2v) is 4.65. The molecule has 0 aliphatic carbocycles. The highest BCUT2D eigenvalue weighted by atomic mass is 16.5. The van der Waals surface area contributed by atoms with Gasteiger partial charge < -0.3 is 20.3 Å². The van der Waals surface area contributed by atoms with Gasteiger partial charge in [0.15, 0.2) is 17.0 Å². The quantitative estimate of drug-likeness (QED) is 0.585. The van der Waals surface area contributed by atoms with Crippen LogP contribution < -0.4 is 10.5 Å². The van der Waals surface area contributed by atoms with Gasteiger partial charge in [-0.25, -0.2) is 0 Å². The van der Waals surface area contributed by atoms with Crippen molar-refractivity contribution in [2.75, 3.05) is 26.1 Å². The molecule has 22 heavy (non-hydrogen) atoms. The van der Waals surface area contributed by atoms with Crippen LogP contribution in [0.5, 0.6) is 12.0 Å². The van der Waals surface area contributed by atoms with Crippen molar-refractivity contribution >= 4 is 17.0 Å². The van der Waals surface area contributed by atoms with E-state index in [1.807, 2.05) is 13.0 Å². The number of ether oxygens (including phenoxy) is 2. The van der Waals surface area contributed by atoms with E-state index in [4.69, 9.17) is 15.2 Å². The van der Waals surface area contributed by atoms with Gasteiger partial charge in [0.25, 0.3) is 6.01 Å². The molecule has 0 amide bonds. The molecule has 0 atom stereocenters. The van der Waals surface area contributed by atoms with E-state index in [1.54, 1.807) is 13.2 Å². The molecule has 118 valence electrons. The molecule has 0 unspecified atom stereocenters. The highest BCUT2D eigenvalue weighted by Crippen LogP contribution is 2.25. The van der Waals surface area contributed by atoms with Crippen molar-refractivity contribution in [2.24, 2.45) is 0 Å². The van der Waals surface area contributed by atoms with Crippen molar-refractivity contribution in [1.82, 2.24) is 19.5 Å². The molecule has 0 saturated heterocycles. The Labute approximate surface area is 127 Å². The summed E-state index contributed by atoms with van der Waals surface area (Å²) in [5.41, 5.74) is 7.58. The Morgan fingerprint density at radius 2 is 2.14 bits per heavy atom. The van der Waals surface area contributed by atoms with Crippen molar-refractivity contribution in [2.45, 2.75) is 13.5 Å². The van der Waals surface area contributed by atoms with Crippen LogP contribution in [0.25, 0.3) is 11.2 Å². The third-order valence-corrected chi connectivity index (χ3v) is 2.91. The van der Waals surface area contributed by atoms with E-state index in [9.17, 15) is 5.11 Å². The number of rotatable bonds is 7. The number of aromatic nitrogens is 4. The first kappa shape index (κ1) is 15.8. The average molecular weight is 305 g/mol. The molecule has 8 heteroatoms. The van der Waals surface area contributed by atoms with Gasteiger partial charge in [-0.15, -0.1) is 0 Å². The van der Waals surface area contributed by atoms with E-state index >= 15 is 0 Å². The second kappa shape index (κ2) is 6.90. The largest absolute Gasteiger partial charge is 0.480 e. The van der Waals surface area contributed by atoms with Gasteiger partial charge in [0.1, 0.15) is 6.61 Å². The molecule has 3 N–H and O–H groups in total. The molecular formula is C14H19N5O3. The van der Waals surface area contributed by atoms with Crippen molar-refractivity contribution < 1.29 is 14.6 Å². The highest BCUT2D eigenvalue weighted by molar-refractivity contribution is 5.83. The Hall–Kier alpha value is -2.61. The Bertz CT molecular complexity index is 708. The predicted octanol–water partition coefficient (Wildman–Crippen LogP) is 1.27. The number of hydrogen-bond acceptors (Lipinski definition) is 7. The summed E-state index contributed by atoms with van der Waals surface area (Å²) in [5, 5.41) is 10.00. The van der Waals surface area contributed by atoms with Crippen molar-refractivity contribution in [3.63, 3.8) is 0 Å². The summed E-state index contributed by atoms with van der Waals surface area (Å²) in [4.78, 5) is 12.3. The SMILES string of the molecule is C=C/C=C(\C)Cn1c(O)nc2c(N)nc(OCCOC)nc21. The van der Waals surface area contributed by atoms with Crippen LogP contribution >= 0.6 is 0 Å². The fourth-order valence-electron chi connectivity index (χ4n) is 1.92. The Balaban J connectivity index is 2.40. The minimum absolute atomic E-state index is 0.119. The van der Waals surface area contributed by atoms with Crippen LogP contribution in [0, 0.1) is 0 Å². The van der Waals surface area contributed by atoms with E-state index in [-0.39, 0.29) is 17.8 Å². The van der Waals surface area contributed by atoms with Crippen molar-refractivity contribution in [1.29, 1.82) is 0 Å². The molecule has 0 radical (unpaired) electrons. The van der Waals surface area contributed by atoms with E-state index < -0.39 is 0 Å². The summed E-state index contributed by atoms with van der Waals surface area (Å²) in [6, 6.07) is -0.0598. The first-order chi connectivity index (χ1) is 10.6. The molecule has 0 aliphatic rings. The molecule has 0 fully saturated rings. The summed E-state index contributed by atoms with van der Waals surface area (Å²) in [5.74, 6) is 0.150. The predicted molar refractivity (Wildman–Crippen MR) is 82.7 cm³/mol. The van der Waals surface area contributed by atoms with Crippen LogP contribution in [0.3, 0.4) is 0 Å². The Morgan fingerprint density at radius 3 is 2.82 bits per heavy atom. The van der Waals surface area contributed by atoms with Gasteiger partial charge in [-0.2, -0.15) is 15.0 Å². The molecule has 2 aromatic rings. The number of nitrogens with two attached hydrogens (primary N) is 1. The van der Waals surface area contributed by atoms with Gasteiger partial charge >= 0.3 is 6.01 Å². The zero-order chi connectivity index (χ0) is 16.1. The number of allylic oxidation sites excluding steroid dienone is 3. The van der Waals surface area contributed by atoms with Gasteiger partial charge in [-0.1, -0.05) is 24.3 Å². The number of aromatic hydroxyl groups is 1. The molecule has 0 saturated carbocycles. The number of nitrogen functional groups attached to an aromatic ring is 1. The van der Waals surface area contributed by atoms with Crippen molar-refractivity contribution in [3.8, 4) is 12.0 Å². The number of fused-ring (bicyclic) bond motifs is 1. The summed E-state index contributed by atoms with van der Waals surface area (Å²) in [6.45, 7) is 6.67. The third kappa shape index (κ3) is 3.34. The van der Waals surface area contributed by atoms with E-state index in [1.165, 1.54) is 4.57 Å². The summed E-state index contributed by atoms with van der Waals surface area (Å²) >= 11 is 0. The molecule has 8 nitrogen and oxygen atoms in total. The maximum Gasteiger partial charge on any atom is 0.320 e. The van der Waals surface area contributed by atoms with E-state index in [2.05, 4.69) is 21.5 Å². The first-order valence-corrected chi connectivity index (χ1v) is 6.69. The zero-order valence-corrected chi connectivity index (χ0v) is 12.6. The highest BCUT2D eigenvalue weighted by Gasteiger charge is 2.16. The number of nitrogens with zero attached hydrogens (tertiary/aromatic N) is 4. The molecular weight excluding hydrogens is 286 g/mol. The monoisotopic (exact) mass is 305 g/mol. The maximum absolute atomic E-state index is 10.00. The number of hydrogen-bond donors (Lipinski definition) is 2. The Kier molecular flexibility index (Phi) is 4.95. The number of imidazole rings is 1. The van der Waals surface area contributed by atoms with E-state index in [0.29, 0.717) is 30.9 Å². The maximum atomic E-state index is 10.00. The van der Waals surface area contributed by atoms with E-state index in [0.717, 1.165) is 5.57 Å². The topological polar surface area (TPSA) is 108 Å². The van der Waals surface area contributed by atoms with Crippen LogP contribution in [-0.2, 0) is 11.3 Å². The first-order valence-electron chi connectivity index (χ1n) is 6.69. The molecule has 0 spiro atoms. The minimum Gasteiger partial charge on any atom is -0.480 e. The van der Waals surface area contributed by atoms with Crippen LogP contribution in [0.15, 0.2) is 24.3 Å². The lowest BCUT2D eigenvalue weighted by atomic mass is 10.3. The molecule has 2 rings (SSSR count). The third-order valence-electron chi connectivity index (χ3n) is 2.91. The van der Waals surface area contributed by atoms with Crippen LogP contribution in [0.2, 0.25) is 0 Å². The molecule has 2 aromatic heterocycles. The lowest BCUT2D eigenvalue weighted by Crippen LogP contribution is -2.09. The Morgan fingerprint density at radius 1 is 1.36 bits per heavy atom. The number of methoxy groups -OCH3 is 1. The molecule has 2 heterocycles. The van der Waals surface area contributed by atoms with Crippen LogP contribution in [0.1, 0.15) is 6.92 Å². The minimum atomic E-state index is -0.179. The fraction of sp³-hybridized carbons (Fsp3) is 0.357. The summed E-state index contributed by atoms with van der Waals surface area (Å²) in [6.07, 6.45) is 3.51. The van der Waals surface area contributed by atoms with Gasteiger partial charge in [0.2, 0.25) is 0 Å². The van der Waals surface area contributed by atoms with Gasteiger partial charge in [0, 0.05) is 7.11 Å². The lowest BCUT2D eigenvalue weighted by molar-refractivity contribution is 0.141. The average Bonchev–Trinajstić information content (AvgIpc) is 2.77.